The van der Waals surface area contributed by atoms with E-state index in [-0.39, 0.29) is 5.75 Å². The highest BCUT2D eigenvalue weighted by Gasteiger charge is 2.31. The summed E-state index contributed by atoms with van der Waals surface area (Å²) in [5, 5.41) is 0. The van der Waals surface area contributed by atoms with Crippen LogP contribution in [-0.4, -0.2) is 6.36 Å². The molecule has 20 heavy (non-hydrogen) atoms. The molecule has 0 heterocycles. The third kappa shape index (κ3) is 3.29. The van der Waals surface area contributed by atoms with E-state index in [1.807, 2.05) is 0 Å². The highest BCUT2D eigenvalue weighted by Crippen LogP contribution is 2.32. The fourth-order valence-electron chi connectivity index (χ4n) is 1.97. The summed E-state index contributed by atoms with van der Waals surface area (Å²) in [6, 6.07) is 8.22. The van der Waals surface area contributed by atoms with Crippen molar-refractivity contribution in [1.29, 1.82) is 0 Å². The first-order valence-corrected chi connectivity index (χ1v) is 5.89. The maximum absolute atomic E-state index is 13.3. The van der Waals surface area contributed by atoms with Crippen LogP contribution in [0.2, 0.25) is 0 Å². The molecule has 0 radical (unpaired) electrons. The van der Waals surface area contributed by atoms with Crippen molar-refractivity contribution in [3.63, 3.8) is 0 Å². The molecule has 2 rings (SSSR count). The number of hydrogen-bond donors (Lipinski definition) is 0. The quantitative estimate of drug-likeness (QED) is 0.704. The van der Waals surface area contributed by atoms with Crippen LogP contribution in [0.4, 0.5) is 17.6 Å². The molecule has 0 atom stereocenters. The van der Waals surface area contributed by atoms with Gasteiger partial charge in [-0.15, -0.1) is 13.2 Å². The number of alkyl halides is 3. The van der Waals surface area contributed by atoms with Crippen LogP contribution in [0.15, 0.2) is 36.4 Å². The smallest absolute Gasteiger partial charge is 0.406 e. The number of hydrogen-bond acceptors (Lipinski definition) is 1. The molecule has 0 spiro atoms. The van der Waals surface area contributed by atoms with Crippen molar-refractivity contribution < 1.29 is 22.3 Å². The predicted octanol–water partition coefficient (Wildman–Crippen LogP) is 5.01. The third-order valence-electron chi connectivity index (χ3n) is 2.93. The first kappa shape index (κ1) is 14.4. The largest absolute Gasteiger partial charge is 0.573 e. The maximum Gasteiger partial charge on any atom is 0.573 e. The molecule has 0 saturated carbocycles. The number of aryl methyl sites for hydroxylation is 2. The Kier molecular flexibility index (Phi) is 3.70. The van der Waals surface area contributed by atoms with Crippen LogP contribution in [0.5, 0.6) is 5.75 Å². The SMILES string of the molecule is Cc1ccc(F)cc1-c1cc(OC(F)(F)F)ccc1C. The molecular weight excluding hydrogens is 272 g/mol. The minimum Gasteiger partial charge on any atom is -0.406 e. The van der Waals surface area contributed by atoms with E-state index in [1.54, 1.807) is 19.9 Å². The lowest BCUT2D eigenvalue weighted by Gasteiger charge is -2.13. The van der Waals surface area contributed by atoms with Crippen LogP contribution >= 0.6 is 0 Å². The lowest BCUT2D eigenvalue weighted by molar-refractivity contribution is -0.274. The number of rotatable bonds is 2. The van der Waals surface area contributed by atoms with E-state index in [9.17, 15) is 17.6 Å². The third-order valence-corrected chi connectivity index (χ3v) is 2.93. The minimum absolute atomic E-state index is 0.318. The van der Waals surface area contributed by atoms with Crippen molar-refractivity contribution in [3.8, 4) is 16.9 Å². The van der Waals surface area contributed by atoms with E-state index in [4.69, 9.17) is 0 Å². The number of halogens is 4. The van der Waals surface area contributed by atoms with E-state index in [1.165, 1.54) is 30.3 Å². The number of ether oxygens (including phenoxy) is 1. The van der Waals surface area contributed by atoms with Crippen molar-refractivity contribution >= 4 is 0 Å². The van der Waals surface area contributed by atoms with Gasteiger partial charge in [-0.1, -0.05) is 12.1 Å². The second kappa shape index (κ2) is 5.15. The highest BCUT2D eigenvalue weighted by atomic mass is 19.4. The van der Waals surface area contributed by atoms with Gasteiger partial charge in [0.05, 0.1) is 0 Å². The molecule has 0 saturated heterocycles. The second-order valence-electron chi connectivity index (χ2n) is 4.48. The topological polar surface area (TPSA) is 9.23 Å². The molecule has 0 unspecified atom stereocenters. The molecule has 0 aromatic heterocycles. The lowest BCUT2D eigenvalue weighted by atomic mass is 9.96. The Morgan fingerprint density at radius 1 is 0.850 bits per heavy atom. The fourth-order valence-corrected chi connectivity index (χ4v) is 1.97. The van der Waals surface area contributed by atoms with E-state index in [2.05, 4.69) is 4.74 Å². The number of benzene rings is 2. The van der Waals surface area contributed by atoms with E-state index in [0.29, 0.717) is 11.1 Å². The van der Waals surface area contributed by atoms with Gasteiger partial charge in [0.1, 0.15) is 11.6 Å². The zero-order valence-electron chi connectivity index (χ0n) is 10.9. The van der Waals surface area contributed by atoms with Gasteiger partial charge in [-0.3, -0.25) is 0 Å². The Bertz CT molecular complexity index is 632. The van der Waals surface area contributed by atoms with Gasteiger partial charge in [-0.05, 0) is 60.4 Å². The van der Waals surface area contributed by atoms with Gasteiger partial charge in [0, 0.05) is 0 Å². The summed E-state index contributed by atoms with van der Waals surface area (Å²) in [5.41, 5.74) is 2.59. The molecule has 0 fully saturated rings. The van der Waals surface area contributed by atoms with Gasteiger partial charge >= 0.3 is 6.36 Å². The molecule has 0 N–H and O–H groups in total. The summed E-state index contributed by atoms with van der Waals surface area (Å²) in [7, 11) is 0. The summed E-state index contributed by atoms with van der Waals surface area (Å²) in [4.78, 5) is 0. The van der Waals surface area contributed by atoms with Gasteiger partial charge in [0.2, 0.25) is 0 Å². The van der Waals surface area contributed by atoms with Gasteiger partial charge in [0.25, 0.3) is 0 Å². The minimum atomic E-state index is -4.75. The monoisotopic (exact) mass is 284 g/mol. The zero-order chi connectivity index (χ0) is 14.9. The lowest BCUT2D eigenvalue weighted by Crippen LogP contribution is -2.17. The van der Waals surface area contributed by atoms with Crippen LogP contribution in [0.3, 0.4) is 0 Å². The zero-order valence-corrected chi connectivity index (χ0v) is 10.9. The normalized spacial score (nSPS) is 11.5. The molecular formula is C15H12F4O. The van der Waals surface area contributed by atoms with Crippen LogP contribution < -0.4 is 4.74 Å². The Hall–Kier alpha value is -2.04. The van der Waals surface area contributed by atoms with E-state index >= 15 is 0 Å². The molecule has 1 nitrogen and oxygen atoms in total. The van der Waals surface area contributed by atoms with Crippen molar-refractivity contribution in [3.05, 3.63) is 53.3 Å². The predicted molar refractivity (Wildman–Crippen MR) is 68.0 cm³/mol. The summed E-state index contributed by atoms with van der Waals surface area (Å²) in [5.74, 6) is -0.756. The standard InChI is InChI=1S/C15H12F4O/c1-9-3-5-11(16)7-13(9)14-8-12(6-4-10(14)2)20-15(17,18)19/h3-8H,1-2H3. The van der Waals surface area contributed by atoms with Crippen molar-refractivity contribution in [1.82, 2.24) is 0 Å². The molecule has 2 aromatic carbocycles. The van der Waals surface area contributed by atoms with Gasteiger partial charge in [-0.25, -0.2) is 4.39 Å². The van der Waals surface area contributed by atoms with Gasteiger partial charge in [0.15, 0.2) is 0 Å². The Labute approximate surface area is 113 Å². The van der Waals surface area contributed by atoms with Gasteiger partial charge in [-0.2, -0.15) is 0 Å². The molecule has 0 aliphatic rings. The Morgan fingerprint density at radius 2 is 1.40 bits per heavy atom. The molecule has 0 aliphatic carbocycles. The van der Waals surface area contributed by atoms with Crippen LogP contribution in [-0.2, 0) is 0 Å². The first-order chi connectivity index (χ1) is 9.26. The average Bonchev–Trinajstić information content (AvgIpc) is 2.33. The summed E-state index contributed by atoms with van der Waals surface area (Å²) in [6.45, 7) is 3.52. The van der Waals surface area contributed by atoms with Crippen molar-refractivity contribution in [2.24, 2.45) is 0 Å². The van der Waals surface area contributed by atoms with Crippen LogP contribution in [0.1, 0.15) is 11.1 Å². The molecule has 5 heteroatoms. The fraction of sp³-hybridized carbons (Fsp3) is 0.200. The van der Waals surface area contributed by atoms with Crippen LogP contribution in [0.25, 0.3) is 11.1 Å². The Morgan fingerprint density at radius 3 is 2.00 bits per heavy atom. The second-order valence-corrected chi connectivity index (χ2v) is 4.48. The average molecular weight is 284 g/mol. The first-order valence-electron chi connectivity index (χ1n) is 5.89. The molecule has 0 aliphatic heterocycles. The van der Waals surface area contributed by atoms with Crippen molar-refractivity contribution in [2.45, 2.75) is 20.2 Å². The Balaban J connectivity index is 2.50. The van der Waals surface area contributed by atoms with Gasteiger partial charge < -0.3 is 4.74 Å². The van der Waals surface area contributed by atoms with Crippen LogP contribution in [0, 0.1) is 19.7 Å². The van der Waals surface area contributed by atoms with E-state index in [0.717, 1.165) is 11.1 Å². The summed E-state index contributed by atoms with van der Waals surface area (Å²) < 4.78 is 53.9. The molecule has 0 amide bonds. The highest BCUT2D eigenvalue weighted by molar-refractivity contribution is 5.71. The summed E-state index contributed by atoms with van der Waals surface area (Å²) in [6.07, 6.45) is -4.75. The molecule has 2 aromatic rings. The molecule has 106 valence electrons. The van der Waals surface area contributed by atoms with Crippen molar-refractivity contribution in [2.75, 3.05) is 0 Å². The van der Waals surface area contributed by atoms with E-state index < -0.39 is 12.2 Å². The maximum atomic E-state index is 13.3. The summed E-state index contributed by atoms with van der Waals surface area (Å²) >= 11 is 0. The molecule has 0 bridgehead atoms.